The number of hydrogen-bond donors (Lipinski definition) is 5. The molecule has 25 heavy (non-hydrogen) atoms. The first-order valence-corrected chi connectivity index (χ1v) is 7.96. The molecule has 8 N–H and O–H groups in total. The van der Waals surface area contributed by atoms with Crippen molar-refractivity contribution in [3.8, 4) is 0 Å². The number of phosphoric acid groups is 1. The number of aromatic nitrogens is 4. The standard InChI is InChI=1S/C10H14N5O7P.Na.H2O.H/c11-8-5-9(13-2-12-8)15(3-14-5)10-6(17)7(4(1-16)21-10)22-23(18,19)20;;;/h2-4,6-7,10,16-17H,1H2,(H2,11,12,13)(H2,18,19,20);;1H2;/q;+1;;-1/t4-,6-,7-,10-;;;/m1.../s1. The van der Waals surface area contributed by atoms with E-state index in [2.05, 4.69) is 19.5 Å². The number of phosphoric ester groups is 1. The van der Waals surface area contributed by atoms with Crippen LogP contribution in [0.4, 0.5) is 5.82 Å². The fraction of sp³-hybridized carbons (Fsp3) is 0.500. The Hall–Kier alpha value is -0.700. The zero-order chi connectivity index (χ0) is 16.8. The van der Waals surface area contributed by atoms with E-state index in [9.17, 15) is 14.8 Å². The predicted octanol–water partition coefficient (Wildman–Crippen LogP) is -5.57. The minimum absolute atomic E-state index is 0. The Morgan fingerprint density at radius 2 is 2.08 bits per heavy atom. The van der Waals surface area contributed by atoms with Crippen molar-refractivity contribution in [2.75, 3.05) is 12.3 Å². The second-order valence-electron chi connectivity index (χ2n) is 4.88. The van der Waals surface area contributed by atoms with Crippen molar-refractivity contribution in [2.24, 2.45) is 0 Å². The van der Waals surface area contributed by atoms with E-state index in [1.165, 1.54) is 17.2 Å². The molecule has 1 aliphatic heterocycles. The minimum Gasteiger partial charge on any atom is -1.00 e. The second-order valence-corrected chi connectivity index (χ2v) is 6.07. The van der Waals surface area contributed by atoms with Crippen LogP contribution in [0, 0.1) is 0 Å². The van der Waals surface area contributed by atoms with E-state index < -0.39 is 39.0 Å². The van der Waals surface area contributed by atoms with Crippen molar-refractivity contribution in [3.63, 3.8) is 0 Å². The first-order valence-electron chi connectivity index (χ1n) is 6.43. The number of ether oxygens (including phenoxy) is 1. The van der Waals surface area contributed by atoms with Gasteiger partial charge in [0.2, 0.25) is 0 Å². The van der Waals surface area contributed by atoms with Crippen molar-refractivity contribution in [1.29, 1.82) is 0 Å². The van der Waals surface area contributed by atoms with Gasteiger partial charge in [-0.25, -0.2) is 19.5 Å². The molecule has 2 aromatic rings. The van der Waals surface area contributed by atoms with Crippen molar-refractivity contribution in [2.45, 2.75) is 24.5 Å². The third kappa shape index (κ3) is 4.35. The van der Waals surface area contributed by atoms with Gasteiger partial charge in [-0.1, -0.05) is 0 Å². The topological polar surface area (TPSA) is 218 Å². The van der Waals surface area contributed by atoms with Gasteiger partial charge in [-0.15, -0.1) is 0 Å². The van der Waals surface area contributed by atoms with Gasteiger partial charge in [-0.05, 0) is 0 Å². The molecule has 0 bridgehead atoms. The average Bonchev–Trinajstić information content (AvgIpc) is 3.01. The fourth-order valence-electron chi connectivity index (χ4n) is 2.44. The number of aliphatic hydroxyl groups is 2. The van der Waals surface area contributed by atoms with Gasteiger partial charge in [0.25, 0.3) is 0 Å². The molecule has 3 rings (SSSR count). The molecule has 136 valence electrons. The number of aliphatic hydroxyl groups excluding tert-OH is 2. The van der Waals surface area contributed by atoms with Crippen LogP contribution >= 0.6 is 7.82 Å². The third-order valence-electron chi connectivity index (χ3n) is 3.41. The summed E-state index contributed by atoms with van der Waals surface area (Å²) in [6.07, 6.45) is -2.68. The van der Waals surface area contributed by atoms with E-state index in [4.69, 9.17) is 20.3 Å². The normalized spacial score (nSPS) is 26.2. The summed E-state index contributed by atoms with van der Waals surface area (Å²) in [5.41, 5.74) is 6.21. The second kappa shape index (κ2) is 8.33. The van der Waals surface area contributed by atoms with Gasteiger partial charge >= 0.3 is 37.4 Å². The summed E-state index contributed by atoms with van der Waals surface area (Å²) in [4.78, 5) is 29.6. The van der Waals surface area contributed by atoms with E-state index in [1.54, 1.807) is 0 Å². The van der Waals surface area contributed by atoms with Crippen LogP contribution in [0.2, 0.25) is 0 Å². The molecular formula is C10H17N5NaO8P. The van der Waals surface area contributed by atoms with Crippen LogP contribution in [0.3, 0.4) is 0 Å². The van der Waals surface area contributed by atoms with Crippen molar-refractivity contribution >= 4 is 24.8 Å². The smallest absolute Gasteiger partial charge is 1.00 e. The molecule has 3 heterocycles. The van der Waals surface area contributed by atoms with Crippen molar-refractivity contribution in [3.05, 3.63) is 12.7 Å². The average molecular weight is 389 g/mol. The predicted molar refractivity (Wildman–Crippen MR) is 78.4 cm³/mol. The fourth-order valence-corrected chi connectivity index (χ4v) is 3.02. The molecule has 1 fully saturated rings. The molecule has 1 saturated heterocycles. The van der Waals surface area contributed by atoms with Gasteiger partial charge < -0.3 is 37.4 Å². The Morgan fingerprint density at radius 1 is 1.40 bits per heavy atom. The van der Waals surface area contributed by atoms with Crippen LogP contribution in [-0.2, 0) is 13.8 Å². The molecule has 0 spiro atoms. The molecule has 15 heteroatoms. The van der Waals surface area contributed by atoms with Gasteiger partial charge in [0.1, 0.15) is 30.2 Å². The largest absolute Gasteiger partial charge is 1.00 e. The summed E-state index contributed by atoms with van der Waals surface area (Å²) in [5, 5.41) is 19.6. The van der Waals surface area contributed by atoms with Gasteiger partial charge in [0.05, 0.1) is 12.9 Å². The SMILES string of the molecule is Nc1ncnc2c1ncn2[C@@H]1O[C@H](CO)[C@@H](OP(=O)(O)O)[C@H]1O.O.[H-].[Na+]. The van der Waals surface area contributed by atoms with Crippen LogP contribution in [0.5, 0.6) is 0 Å². The number of rotatable bonds is 4. The number of anilines is 1. The van der Waals surface area contributed by atoms with E-state index in [-0.39, 0.29) is 53.4 Å². The third-order valence-corrected chi connectivity index (χ3v) is 3.93. The zero-order valence-electron chi connectivity index (χ0n) is 14.0. The summed E-state index contributed by atoms with van der Waals surface area (Å²) in [6.45, 7) is -0.609. The van der Waals surface area contributed by atoms with Gasteiger partial charge in [0, 0.05) is 0 Å². The zero-order valence-corrected chi connectivity index (χ0v) is 15.9. The molecular weight excluding hydrogens is 372 g/mol. The minimum atomic E-state index is -4.88. The molecule has 0 aromatic carbocycles. The Balaban J connectivity index is 0.00000208. The van der Waals surface area contributed by atoms with E-state index in [1.807, 2.05) is 0 Å². The summed E-state index contributed by atoms with van der Waals surface area (Å²) < 4.78 is 22.3. The van der Waals surface area contributed by atoms with Crippen molar-refractivity contribution < 1.29 is 70.3 Å². The Labute approximate surface area is 164 Å². The van der Waals surface area contributed by atoms with Gasteiger partial charge in [0.15, 0.2) is 17.7 Å². The number of imidazole rings is 1. The molecule has 0 amide bonds. The number of hydrogen-bond acceptors (Lipinski definition) is 9. The van der Waals surface area contributed by atoms with E-state index in [0.29, 0.717) is 0 Å². The summed E-state index contributed by atoms with van der Waals surface area (Å²) in [5.74, 6) is 0.128. The summed E-state index contributed by atoms with van der Waals surface area (Å²) in [6, 6.07) is 0. The van der Waals surface area contributed by atoms with E-state index in [0.717, 1.165) is 0 Å². The van der Waals surface area contributed by atoms with Crippen LogP contribution in [0.1, 0.15) is 7.65 Å². The van der Waals surface area contributed by atoms with Crippen LogP contribution in [0.15, 0.2) is 12.7 Å². The molecule has 13 nitrogen and oxygen atoms in total. The quantitative estimate of drug-likeness (QED) is 0.245. The van der Waals surface area contributed by atoms with Gasteiger partial charge in [-0.3, -0.25) is 9.09 Å². The Kier molecular flexibility index (Phi) is 7.44. The molecule has 0 saturated carbocycles. The maximum atomic E-state index is 11.0. The van der Waals surface area contributed by atoms with Crippen LogP contribution in [0.25, 0.3) is 11.2 Å². The molecule has 1 aliphatic rings. The molecule has 2 aromatic heterocycles. The van der Waals surface area contributed by atoms with Crippen LogP contribution in [-0.4, -0.2) is 69.9 Å². The van der Waals surface area contributed by atoms with Crippen LogP contribution < -0.4 is 35.3 Å². The number of fused-ring (bicyclic) bond motifs is 1. The van der Waals surface area contributed by atoms with Gasteiger partial charge in [-0.2, -0.15) is 0 Å². The molecule has 0 radical (unpaired) electrons. The first kappa shape index (κ1) is 22.3. The Bertz CT molecular complexity index is 777. The number of nitrogen functional groups attached to an aromatic ring is 1. The maximum Gasteiger partial charge on any atom is 1.00 e. The molecule has 4 atom stereocenters. The first-order chi connectivity index (χ1) is 10.8. The maximum absolute atomic E-state index is 11.0. The summed E-state index contributed by atoms with van der Waals surface area (Å²) >= 11 is 0. The number of nitrogens with zero attached hydrogens (tertiary/aromatic N) is 4. The molecule has 0 aliphatic carbocycles. The molecule has 0 unspecified atom stereocenters. The Morgan fingerprint density at radius 3 is 2.68 bits per heavy atom. The monoisotopic (exact) mass is 389 g/mol. The number of nitrogens with two attached hydrogens (primary N) is 1. The summed E-state index contributed by atoms with van der Waals surface area (Å²) in [7, 11) is -4.88. The van der Waals surface area contributed by atoms with E-state index >= 15 is 0 Å². The van der Waals surface area contributed by atoms with Crippen molar-refractivity contribution in [1.82, 2.24) is 19.5 Å².